The Kier molecular flexibility index (Phi) is 4.39. The molecule has 0 aliphatic heterocycles. The summed E-state index contributed by atoms with van der Waals surface area (Å²) >= 11 is 0. The molecule has 0 saturated heterocycles. The molecule has 14 heavy (non-hydrogen) atoms. The minimum absolute atomic E-state index is 0.0418. The molecule has 0 heterocycles. The van der Waals surface area contributed by atoms with Gasteiger partial charge in [0.15, 0.2) is 0 Å². The van der Waals surface area contributed by atoms with Gasteiger partial charge in [-0.2, -0.15) is 0 Å². The van der Waals surface area contributed by atoms with Crippen LogP contribution in [-0.2, 0) is 4.79 Å². The van der Waals surface area contributed by atoms with Crippen LogP contribution in [0.4, 0.5) is 0 Å². The largest absolute Gasteiger partial charge is 0.350 e. The smallest absolute Gasteiger partial charge is 0.217 e. The van der Waals surface area contributed by atoms with Gasteiger partial charge in [0, 0.05) is 13.5 Å². The van der Waals surface area contributed by atoms with Crippen LogP contribution >= 0.6 is 0 Å². The summed E-state index contributed by atoms with van der Waals surface area (Å²) in [7, 11) is 0. The van der Waals surface area contributed by atoms with E-state index in [0.717, 1.165) is 25.9 Å². The van der Waals surface area contributed by atoms with Crippen molar-refractivity contribution in [3.63, 3.8) is 0 Å². The SMILES string of the molecule is CCNCC1(NC(C)=O)CCCCC1. The molecule has 1 aliphatic rings. The van der Waals surface area contributed by atoms with Crippen molar-refractivity contribution in [2.45, 2.75) is 51.5 Å². The van der Waals surface area contributed by atoms with E-state index in [1.807, 2.05) is 0 Å². The van der Waals surface area contributed by atoms with Gasteiger partial charge in [-0.15, -0.1) is 0 Å². The Bertz CT molecular complexity index is 186. The highest BCUT2D eigenvalue weighted by Gasteiger charge is 2.31. The zero-order valence-electron chi connectivity index (χ0n) is 9.36. The van der Waals surface area contributed by atoms with E-state index in [4.69, 9.17) is 0 Å². The van der Waals surface area contributed by atoms with Gasteiger partial charge < -0.3 is 10.6 Å². The van der Waals surface area contributed by atoms with Crippen LogP contribution in [-0.4, -0.2) is 24.5 Å². The molecule has 0 radical (unpaired) electrons. The van der Waals surface area contributed by atoms with Crippen LogP contribution in [0.5, 0.6) is 0 Å². The lowest BCUT2D eigenvalue weighted by molar-refractivity contribution is -0.121. The maximum absolute atomic E-state index is 11.1. The van der Waals surface area contributed by atoms with Crippen LogP contribution in [0.1, 0.15) is 46.0 Å². The maximum Gasteiger partial charge on any atom is 0.217 e. The molecular weight excluding hydrogens is 176 g/mol. The number of rotatable bonds is 4. The second kappa shape index (κ2) is 5.35. The number of carbonyl (C=O) groups excluding carboxylic acids is 1. The van der Waals surface area contributed by atoms with Gasteiger partial charge in [-0.25, -0.2) is 0 Å². The van der Waals surface area contributed by atoms with Crippen molar-refractivity contribution >= 4 is 5.91 Å². The van der Waals surface area contributed by atoms with E-state index in [2.05, 4.69) is 17.6 Å². The molecule has 2 N–H and O–H groups in total. The van der Waals surface area contributed by atoms with E-state index in [1.54, 1.807) is 6.92 Å². The van der Waals surface area contributed by atoms with Crippen molar-refractivity contribution in [3.05, 3.63) is 0 Å². The second-order valence-corrected chi connectivity index (χ2v) is 4.30. The summed E-state index contributed by atoms with van der Waals surface area (Å²) in [4.78, 5) is 11.1. The fourth-order valence-electron chi connectivity index (χ4n) is 2.31. The standard InChI is InChI=1S/C11H22N2O/c1-3-12-9-11(13-10(2)14)7-5-4-6-8-11/h12H,3-9H2,1-2H3,(H,13,14). The molecule has 0 unspecified atom stereocenters. The second-order valence-electron chi connectivity index (χ2n) is 4.30. The van der Waals surface area contributed by atoms with Crippen molar-refractivity contribution in [1.29, 1.82) is 0 Å². The normalized spacial score (nSPS) is 20.4. The molecular formula is C11H22N2O. The fraction of sp³-hybridized carbons (Fsp3) is 0.909. The predicted molar refractivity (Wildman–Crippen MR) is 58.2 cm³/mol. The highest BCUT2D eigenvalue weighted by molar-refractivity contribution is 5.73. The molecule has 3 nitrogen and oxygen atoms in total. The van der Waals surface area contributed by atoms with Gasteiger partial charge in [0.2, 0.25) is 5.91 Å². The van der Waals surface area contributed by atoms with E-state index in [0.29, 0.717) is 0 Å². The van der Waals surface area contributed by atoms with E-state index >= 15 is 0 Å². The number of likely N-dealkylation sites (N-methyl/N-ethyl adjacent to an activating group) is 1. The highest BCUT2D eigenvalue weighted by atomic mass is 16.1. The van der Waals surface area contributed by atoms with Crippen molar-refractivity contribution in [1.82, 2.24) is 10.6 Å². The van der Waals surface area contributed by atoms with Gasteiger partial charge in [-0.3, -0.25) is 4.79 Å². The van der Waals surface area contributed by atoms with Crippen LogP contribution in [0.3, 0.4) is 0 Å². The molecule has 1 aliphatic carbocycles. The van der Waals surface area contributed by atoms with Gasteiger partial charge in [-0.1, -0.05) is 26.2 Å². The first kappa shape index (κ1) is 11.5. The summed E-state index contributed by atoms with van der Waals surface area (Å²) in [6.07, 6.45) is 6.05. The Balaban J connectivity index is 2.52. The van der Waals surface area contributed by atoms with Crippen LogP contribution < -0.4 is 10.6 Å². The van der Waals surface area contributed by atoms with Crippen molar-refractivity contribution in [2.75, 3.05) is 13.1 Å². The van der Waals surface area contributed by atoms with Crippen LogP contribution in [0, 0.1) is 0 Å². The average Bonchev–Trinajstić information content (AvgIpc) is 2.15. The first-order valence-electron chi connectivity index (χ1n) is 5.68. The summed E-state index contributed by atoms with van der Waals surface area (Å²) in [5.41, 5.74) is 0.0418. The summed E-state index contributed by atoms with van der Waals surface area (Å²) in [5, 5.41) is 6.48. The summed E-state index contributed by atoms with van der Waals surface area (Å²) in [6, 6.07) is 0. The first-order chi connectivity index (χ1) is 6.68. The van der Waals surface area contributed by atoms with E-state index in [1.165, 1.54) is 19.3 Å². The number of carbonyl (C=O) groups is 1. The predicted octanol–water partition coefficient (Wildman–Crippen LogP) is 1.43. The molecule has 1 amide bonds. The fourth-order valence-corrected chi connectivity index (χ4v) is 2.31. The Morgan fingerprint density at radius 3 is 2.43 bits per heavy atom. The lowest BCUT2D eigenvalue weighted by Crippen LogP contribution is -2.55. The van der Waals surface area contributed by atoms with Crippen LogP contribution in [0.25, 0.3) is 0 Å². The van der Waals surface area contributed by atoms with E-state index in [-0.39, 0.29) is 11.4 Å². The summed E-state index contributed by atoms with van der Waals surface area (Å²) in [6.45, 7) is 5.61. The number of hydrogen-bond acceptors (Lipinski definition) is 2. The van der Waals surface area contributed by atoms with E-state index in [9.17, 15) is 4.79 Å². The van der Waals surface area contributed by atoms with Crippen LogP contribution in [0.15, 0.2) is 0 Å². The third-order valence-electron chi connectivity index (χ3n) is 2.97. The molecule has 0 aromatic rings. The molecule has 0 aromatic carbocycles. The Labute approximate surface area is 86.6 Å². The lowest BCUT2D eigenvalue weighted by Gasteiger charge is -2.38. The van der Waals surface area contributed by atoms with Gasteiger partial charge >= 0.3 is 0 Å². The Morgan fingerprint density at radius 2 is 1.93 bits per heavy atom. The molecule has 0 spiro atoms. The summed E-state index contributed by atoms with van der Waals surface area (Å²) < 4.78 is 0. The zero-order valence-corrected chi connectivity index (χ0v) is 9.36. The van der Waals surface area contributed by atoms with Gasteiger partial charge in [0.25, 0.3) is 0 Å². The Hall–Kier alpha value is -0.570. The van der Waals surface area contributed by atoms with Gasteiger partial charge in [-0.05, 0) is 19.4 Å². The molecule has 0 atom stereocenters. The quantitative estimate of drug-likeness (QED) is 0.717. The third kappa shape index (κ3) is 3.29. The highest BCUT2D eigenvalue weighted by Crippen LogP contribution is 2.27. The molecule has 1 fully saturated rings. The number of amides is 1. The van der Waals surface area contributed by atoms with Crippen molar-refractivity contribution in [3.8, 4) is 0 Å². The minimum Gasteiger partial charge on any atom is -0.350 e. The third-order valence-corrected chi connectivity index (χ3v) is 2.97. The van der Waals surface area contributed by atoms with Crippen molar-refractivity contribution < 1.29 is 4.79 Å². The molecule has 82 valence electrons. The minimum atomic E-state index is 0.0418. The topological polar surface area (TPSA) is 41.1 Å². The molecule has 0 aromatic heterocycles. The first-order valence-corrected chi connectivity index (χ1v) is 5.68. The van der Waals surface area contributed by atoms with Gasteiger partial charge in [0.05, 0.1) is 5.54 Å². The average molecular weight is 198 g/mol. The number of hydrogen-bond donors (Lipinski definition) is 2. The monoisotopic (exact) mass is 198 g/mol. The van der Waals surface area contributed by atoms with Crippen molar-refractivity contribution in [2.24, 2.45) is 0 Å². The maximum atomic E-state index is 11.1. The number of nitrogens with one attached hydrogen (secondary N) is 2. The molecule has 1 saturated carbocycles. The van der Waals surface area contributed by atoms with E-state index < -0.39 is 0 Å². The lowest BCUT2D eigenvalue weighted by atomic mass is 9.81. The molecule has 1 rings (SSSR count). The zero-order chi connectivity index (χ0) is 10.4. The Morgan fingerprint density at radius 1 is 1.29 bits per heavy atom. The summed E-state index contributed by atoms with van der Waals surface area (Å²) in [5.74, 6) is 0.102. The molecule has 0 bridgehead atoms. The van der Waals surface area contributed by atoms with Crippen LogP contribution in [0.2, 0.25) is 0 Å². The molecule has 3 heteroatoms. The van der Waals surface area contributed by atoms with Gasteiger partial charge in [0.1, 0.15) is 0 Å².